The van der Waals surface area contributed by atoms with Gasteiger partial charge in [0.1, 0.15) is 19.0 Å². The minimum Gasteiger partial charge on any atom is -0.484 e. The minimum absolute atomic E-state index is 0.212. The van der Waals surface area contributed by atoms with Crippen LogP contribution in [0.3, 0.4) is 0 Å². The van der Waals surface area contributed by atoms with Crippen molar-refractivity contribution in [2.75, 3.05) is 13.2 Å². The van der Waals surface area contributed by atoms with E-state index in [0.717, 1.165) is 0 Å². The number of halogens is 2. The number of hydrogen-bond donors (Lipinski definition) is 1. The van der Waals surface area contributed by atoms with Crippen LogP contribution in [0.4, 0.5) is 0 Å². The van der Waals surface area contributed by atoms with Crippen molar-refractivity contribution in [2.24, 2.45) is 0 Å². The van der Waals surface area contributed by atoms with Crippen molar-refractivity contribution < 1.29 is 14.6 Å². The Balaban J connectivity index is 2.66. The Morgan fingerprint density at radius 3 is 2.79 bits per heavy atom. The summed E-state index contributed by atoms with van der Waals surface area (Å²) in [5, 5.41) is 9.30. The van der Waals surface area contributed by atoms with Gasteiger partial charge in [0, 0.05) is 11.1 Å². The molecule has 0 atom stereocenters. The third kappa shape index (κ3) is 3.18. The van der Waals surface area contributed by atoms with Crippen molar-refractivity contribution in [1.82, 2.24) is 0 Å². The van der Waals surface area contributed by atoms with Crippen LogP contribution in [0.2, 0.25) is 10.0 Å². The molecule has 1 rings (SSSR count). The predicted octanol–water partition coefficient (Wildman–Crippen LogP) is 1.93. The van der Waals surface area contributed by atoms with Gasteiger partial charge in [0.2, 0.25) is 0 Å². The number of ether oxygens (including phenoxy) is 1. The second-order valence-electron chi connectivity index (χ2n) is 2.56. The lowest BCUT2D eigenvalue weighted by Crippen LogP contribution is -2.14. The number of ketones is 1. The smallest absolute Gasteiger partial charge is 0.195 e. The van der Waals surface area contributed by atoms with E-state index >= 15 is 0 Å². The van der Waals surface area contributed by atoms with Gasteiger partial charge in [-0.25, -0.2) is 0 Å². The fraction of sp³-hybridized carbons (Fsp3) is 0.222. The Labute approximate surface area is 91.2 Å². The first-order valence-corrected chi connectivity index (χ1v) is 4.59. The molecule has 1 aromatic carbocycles. The van der Waals surface area contributed by atoms with Gasteiger partial charge < -0.3 is 9.84 Å². The van der Waals surface area contributed by atoms with Gasteiger partial charge in [0.15, 0.2) is 5.78 Å². The molecule has 76 valence electrons. The zero-order chi connectivity index (χ0) is 10.6. The Hall–Kier alpha value is -0.770. The van der Waals surface area contributed by atoms with Crippen molar-refractivity contribution >= 4 is 29.0 Å². The second kappa shape index (κ2) is 5.20. The van der Waals surface area contributed by atoms with E-state index in [1.807, 2.05) is 0 Å². The Bertz CT molecular complexity index is 339. The molecule has 0 aliphatic heterocycles. The molecule has 0 aliphatic rings. The molecule has 14 heavy (non-hydrogen) atoms. The average Bonchev–Trinajstić information content (AvgIpc) is 2.19. The third-order valence-electron chi connectivity index (χ3n) is 1.46. The Morgan fingerprint density at radius 2 is 2.14 bits per heavy atom. The van der Waals surface area contributed by atoms with Crippen LogP contribution < -0.4 is 4.74 Å². The van der Waals surface area contributed by atoms with Crippen molar-refractivity contribution in [2.45, 2.75) is 0 Å². The molecule has 0 saturated heterocycles. The molecular formula is C9H8Cl2O3. The standard InChI is InChI=1S/C9H8Cl2O3/c10-6-1-2-8(11)9(3-6)14-5-7(13)4-12/h1-3,12H,4-5H2. The average molecular weight is 235 g/mol. The van der Waals surface area contributed by atoms with E-state index in [-0.39, 0.29) is 6.61 Å². The van der Waals surface area contributed by atoms with Gasteiger partial charge in [-0.15, -0.1) is 0 Å². The number of Topliss-reactive ketones (excluding diaryl/α,β-unsaturated/α-hetero) is 1. The molecule has 0 heterocycles. The van der Waals surface area contributed by atoms with Crippen molar-refractivity contribution in [1.29, 1.82) is 0 Å². The van der Waals surface area contributed by atoms with E-state index in [0.29, 0.717) is 15.8 Å². The molecule has 0 unspecified atom stereocenters. The topological polar surface area (TPSA) is 46.5 Å². The molecule has 5 heteroatoms. The molecule has 0 fully saturated rings. The molecule has 0 amide bonds. The fourth-order valence-corrected chi connectivity index (χ4v) is 1.13. The molecule has 0 aliphatic carbocycles. The number of aliphatic hydroxyl groups excluding tert-OH is 1. The SMILES string of the molecule is O=C(CO)COc1cc(Cl)ccc1Cl. The van der Waals surface area contributed by atoms with E-state index in [2.05, 4.69) is 0 Å². The van der Waals surface area contributed by atoms with Crippen molar-refractivity contribution in [3.63, 3.8) is 0 Å². The van der Waals surface area contributed by atoms with Crippen LogP contribution >= 0.6 is 23.2 Å². The van der Waals surface area contributed by atoms with E-state index in [1.165, 1.54) is 6.07 Å². The predicted molar refractivity (Wildman–Crippen MR) is 54.0 cm³/mol. The largest absolute Gasteiger partial charge is 0.484 e. The van der Waals surface area contributed by atoms with Crippen molar-refractivity contribution in [3.05, 3.63) is 28.2 Å². The number of hydrogen-bond acceptors (Lipinski definition) is 3. The Morgan fingerprint density at radius 1 is 1.43 bits per heavy atom. The summed E-state index contributed by atoms with van der Waals surface area (Å²) in [6.45, 7) is -0.755. The molecule has 0 bridgehead atoms. The maximum atomic E-state index is 10.7. The van der Waals surface area contributed by atoms with Crippen LogP contribution in [0.1, 0.15) is 0 Å². The summed E-state index contributed by atoms with van der Waals surface area (Å²) in [7, 11) is 0. The molecule has 1 aromatic rings. The Kier molecular flexibility index (Phi) is 4.20. The molecule has 0 aromatic heterocycles. The van der Waals surface area contributed by atoms with Crippen LogP contribution in [0.15, 0.2) is 18.2 Å². The van der Waals surface area contributed by atoms with Crippen LogP contribution in [-0.4, -0.2) is 24.1 Å². The van der Waals surface area contributed by atoms with E-state index < -0.39 is 12.4 Å². The minimum atomic E-state index is -0.543. The molecule has 3 nitrogen and oxygen atoms in total. The van der Waals surface area contributed by atoms with Crippen LogP contribution in [0.5, 0.6) is 5.75 Å². The zero-order valence-electron chi connectivity index (χ0n) is 7.17. The van der Waals surface area contributed by atoms with Crippen LogP contribution in [0.25, 0.3) is 0 Å². The molecular weight excluding hydrogens is 227 g/mol. The lowest BCUT2D eigenvalue weighted by molar-refractivity contribution is -0.123. The summed E-state index contributed by atoms with van der Waals surface area (Å²) in [5.41, 5.74) is 0. The van der Waals surface area contributed by atoms with E-state index in [4.69, 9.17) is 33.0 Å². The van der Waals surface area contributed by atoms with E-state index in [9.17, 15) is 4.79 Å². The van der Waals surface area contributed by atoms with Gasteiger partial charge in [-0.3, -0.25) is 4.79 Å². The normalized spacial score (nSPS) is 9.93. The zero-order valence-corrected chi connectivity index (χ0v) is 8.68. The van der Waals surface area contributed by atoms with Crippen molar-refractivity contribution in [3.8, 4) is 5.75 Å². The number of aliphatic hydroxyl groups is 1. The van der Waals surface area contributed by atoms with Gasteiger partial charge in [0.25, 0.3) is 0 Å². The summed E-state index contributed by atoms with van der Waals surface area (Å²) >= 11 is 11.5. The van der Waals surface area contributed by atoms with Gasteiger partial charge in [-0.05, 0) is 12.1 Å². The first-order chi connectivity index (χ1) is 6.63. The second-order valence-corrected chi connectivity index (χ2v) is 3.40. The van der Waals surface area contributed by atoms with Gasteiger partial charge in [0.05, 0.1) is 5.02 Å². The summed E-state index contributed by atoms with van der Waals surface area (Å²) in [6, 6.07) is 4.70. The van der Waals surface area contributed by atoms with E-state index in [1.54, 1.807) is 12.1 Å². The highest BCUT2D eigenvalue weighted by Gasteiger charge is 2.05. The number of carbonyl (C=O) groups excluding carboxylic acids is 1. The quantitative estimate of drug-likeness (QED) is 0.867. The first kappa shape index (κ1) is 11.3. The van der Waals surface area contributed by atoms with Gasteiger partial charge in [-0.1, -0.05) is 23.2 Å². The molecule has 0 radical (unpaired) electrons. The molecule has 1 N–H and O–H groups in total. The highest BCUT2D eigenvalue weighted by atomic mass is 35.5. The van der Waals surface area contributed by atoms with Gasteiger partial charge in [-0.2, -0.15) is 0 Å². The highest BCUT2D eigenvalue weighted by molar-refractivity contribution is 6.34. The van der Waals surface area contributed by atoms with Crippen LogP contribution in [0, 0.1) is 0 Å². The third-order valence-corrected chi connectivity index (χ3v) is 2.01. The van der Waals surface area contributed by atoms with Crippen LogP contribution in [-0.2, 0) is 4.79 Å². The summed E-state index contributed by atoms with van der Waals surface area (Å²) in [4.78, 5) is 10.7. The first-order valence-electron chi connectivity index (χ1n) is 3.84. The number of benzene rings is 1. The lowest BCUT2D eigenvalue weighted by Gasteiger charge is -2.06. The molecule has 0 spiro atoms. The molecule has 0 saturated carbocycles. The summed E-state index contributed by atoms with van der Waals surface area (Å²) in [6.07, 6.45) is 0. The number of carbonyl (C=O) groups is 1. The summed E-state index contributed by atoms with van der Waals surface area (Å²) in [5.74, 6) is -0.0815. The fourth-order valence-electron chi connectivity index (χ4n) is 0.792. The summed E-state index contributed by atoms with van der Waals surface area (Å²) < 4.78 is 5.04. The van der Waals surface area contributed by atoms with Gasteiger partial charge >= 0.3 is 0 Å². The monoisotopic (exact) mass is 234 g/mol. The highest BCUT2D eigenvalue weighted by Crippen LogP contribution is 2.27. The maximum absolute atomic E-state index is 10.7. The maximum Gasteiger partial charge on any atom is 0.195 e. The number of rotatable bonds is 4. The lowest BCUT2D eigenvalue weighted by atomic mass is 10.3.